The SMILES string of the molecule is CC(C)=CCSC1=N[C@H]2CS(=O)(=O)C[C@@H]2N1c1ccc2c(c1)OCO2. The van der Waals surface area contributed by atoms with Crippen molar-refractivity contribution in [1.29, 1.82) is 0 Å². The van der Waals surface area contributed by atoms with Crippen molar-refractivity contribution in [3.05, 3.63) is 29.8 Å². The molecular weight excluding hydrogens is 360 g/mol. The number of allylic oxidation sites excluding steroid dienone is 1. The predicted molar refractivity (Wildman–Crippen MR) is 101 cm³/mol. The fourth-order valence-corrected chi connectivity index (χ4v) is 6.25. The number of fused-ring (bicyclic) bond motifs is 2. The summed E-state index contributed by atoms with van der Waals surface area (Å²) >= 11 is 1.64. The lowest BCUT2D eigenvalue weighted by atomic mass is 10.1. The van der Waals surface area contributed by atoms with Gasteiger partial charge in [-0.25, -0.2) is 8.42 Å². The number of benzene rings is 1. The van der Waals surface area contributed by atoms with Crippen molar-refractivity contribution in [2.75, 3.05) is 29.0 Å². The fourth-order valence-electron chi connectivity index (χ4n) is 3.25. The summed E-state index contributed by atoms with van der Waals surface area (Å²) in [4.78, 5) is 6.78. The molecule has 1 aromatic carbocycles. The molecule has 0 unspecified atom stereocenters. The third kappa shape index (κ3) is 3.25. The van der Waals surface area contributed by atoms with Gasteiger partial charge in [0.05, 0.1) is 23.6 Å². The van der Waals surface area contributed by atoms with Crippen LogP contribution >= 0.6 is 11.8 Å². The number of ether oxygens (including phenoxy) is 2. The first kappa shape index (κ1) is 16.8. The highest BCUT2D eigenvalue weighted by Gasteiger charge is 2.47. The lowest BCUT2D eigenvalue weighted by Gasteiger charge is -2.26. The summed E-state index contributed by atoms with van der Waals surface area (Å²) in [7, 11) is -3.04. The average molecular weight is 380 g/mol. The van der Waals surface area contributed by atoms with E-state index in [0.29, 0.717) is 11.5 Å². The van der Waals surface area contributed by atoms with Crippen LogP contribution in [0, 0.1) is 0 Å². The number of amidine groups is 1. The van der Waals surface area contributed by atoms with E-state index in [9.17, 15) is 8.42 Å². The first-order valence-corrected chi connectivity index (χ1v) is 11.0. The number of hydrogen-bond acceptors (Lipinski definition) is 7. The maximum absolute atomic E-state index is 12.1. The normalized spacial score (nSPS) is 25.7. The molecule has 1 aromatic rings. The van der Waals surface area contributed by atoms with Gasteiger partial charge in [0.2, 0.25) is 6.79 Å². The van der Waals surface area contributed by atoms with Gasteiger partial charge in [0.15, 0.2) is 26.5 Å². The molecule has 25 heavy (non-hydrogen) atoms. The average Bonchev–Trinajstić information content (AvgIpc) is 3.17. The number of nitrogens with zero attached hydrogens (tertiary/aromatic N) is 2. The number of hydrogen-bond donors (Lipinski definition) is 0. The number of thioether (sulfide) groups is 1. The largest absolute Gasteiger partial charge is 0.454 e. The molecule has 4 rings (SSSR count). The molecule has 6 nitrogen and oxygen atoms in total. The van der Waals surface area contributed by atoms with Crippen molar-refractivity contribution in [3.63, 3.8) is 0 Å². The number of sulfone groups is 1. The minimum absolute atomic E-state index is 0.130. The van der Waals surface area contributed by atoms with Crippen LogP contribution in [0.4, 0.5) is 5.69 Å². The van der Waals surface area contributed by atoms with Gasteiger partial charge in [-0.3, -0.25) is 4.99 Å². The molecule has 0 amide bonds. The predicted octanol–water partition coefficient (Wildman–Crippen LogP) is 2.46. The maximum Gasteiger partial charge on any atom is 0.231 e. The first-order chi connectivity index (χ1) is 11.9. The molecule has 0 aliphatic carbocycles. The van der Waals surface area contributed by atoms with E-state index in [2.05, 4.69) is 24.8 Å². The van der Waals surface area contributed by atoms with Gasteiger partial charge in [-0.05, 0) is 26.0 Å². The van der Waals surface area contributed by atoms with E-state index in [4.69, 9.17) is 14.5 Å². The molecule has 134 valence electrons. The third-order valence-electron chi connectivity index (χ3n) is 4.45. The van der Waals surface area contributed by atoms with Gasteiger partial charge in [0.25, 0.3) is 0 Å². The summed E-state index contributed by atoms with van der Waals surface area (Å²) in [6.45, 7) is 4.34. The van der Waals surface area contributed by atoms with Crippen LogP contribution in [0.3, 0.4) is 0 Å². The summed E-state index contributed by atoms with van der Waals surface area (Å²) in [5.74, 6) is 2.49. The smallest absolute Gasteiger partial charge is 0.231 e. The Bertz CT molecular complexity index is 859. The third-order valence-corrected chi connectivity index (χ3v) is 7.04. The highest BCUT2D eigenvalue weighted by molar-refractivity contribution is 8.14. The van der Waals surface area contributed by atoms with Gasteiger partial charge in [0.1, 0.15) is 0 Å². The Labute approximate surface area is 151 Å². The van der Waals surface area contributed by atoms with Crippen molar-refractivity contribution in [1.82, 2.24) is 0 Å². The number of anilines is 1. The van der Waals surface area contributed by atoms with Crippen molar-refractivity contribution in [2.24, 2.45) is 4.99 Å². The van der Waals surface area contributed by atoms with E-state index in [1.54, 1.807) is 11.8 Å². The van der Waals surface area contributed by atoms with Crippen molar-refractivity contribution < 1.29 is 17.9 Å². The summed E-state index contributed by atoms with van der Waals surface area (Å²) in [5.41, 5.74) is 2.15. The standard InChI is InChI=1S/C17H20N2O4S2/c1-11(2)5-6-24-17-18-13-8-25(20,21)9-14(13)19(17)12-3-4-15-16(7-12)23-10-22-15/h3-5,7,13-14H,6,8-10H2,1-2H3/t13-,14-/m0/s1. The molecule has 0 spiro atoms. The Morgan fingerprint density at radius 2 is 2.12 bits per heavy atom. The van der Waals surface area contributed by atoms with Crippen LogP contribution in [-0.4, -0.2) is 49.7 Å². The zero-order chi connectivity index (χ0) is 17.6. The van der Waals surface area contributed by atoms with Gasteiger partial charge < -0.3 is 14.4 Å². The van der Waals surface area contributed by atoms with Gasteiger partial charge in [-0.1, -0.05) is 23.4 Å². The van der Waals surface area contributed by atoms with E-state index < -0.39 is 9.84 Å². The quantitative estimate of drug-likeness (QED) is 0.751. The van der Waals surface area contributed by atoms with Crippen molar-refractivity contribution in [2.45, 2.75) is 25.9 Å². The molecule has 3 heterocycles. The van der Waals surface area contributed by atoms with Crippen LogP contribution in [0.15, 0.2) is 34.8 Å². The number of aliphatic imine (C=N–C) groups is 1. The van der Waals surface area contributed by atoms with Crippen LogP contribution in [0.2, 0.25) is 0 Å². The Morgan fingerprint density at radius 1 is 1.32 bits per heavy atom. The summed E-state index contributed by atoms with van der Waals surface area (Å²) < 4.78 is 35.0. The molecule has 0 radical (unpaired) electrons. The molecule has 8 heteroatoms. The molecule has 0 aromatic heterocycles. The Balaban J connectivity index is 1.66. The Morgan fingerprint density at radius 3 is 2.92 bits per heavy atom. The fraction of sp³-hybridized carbons (Fsp3) is 0.471. The van der Waals surface area contributed by atoms with Gasteiger partial charge in [-0.2, -0.15) is 0 Å². The zero-order valence-corrected chi connectivity index (χ0v) is 15.8. The second-order valence-corrected chi connectivity index (χ2v) is 9.76. The van der Waals surface area contributed by atoms with Crippen LogP contribution < -0.4 is 14.4 Å². The Kier molecular flexibility index (Phi) is 4.19. The topological polar surface area (TPSA) is 68.2 Å². The molecule has 1 fully saturated rings. The monoisotopic (exact) mass is 380 g/mol. The van der Waals surface area contributed by atoms with E-state index in [0.717, 1.165) is 16.6 Å². The number of rotatable bonds is 3. The van der Waals surface area contributed by atoms with E-state index >= 15 is 0 Å². The second kappa shape index (κ2) is 6.25. The maximum atomic E-state index is 12.1. The van der Waals surface area contributed by atoms with Gasteiger partial charge in [0, 0.05) is 17.5 Å². The van der Waals surface area contributed by atoms with E-state index in [-0.39, 0.29) is 30.4 Å². The molecular formula is C17H20N2O4S2. The second-order valence-electron chi connectivity index (χ2n) is 6.62. The van der Waals surface area contributed by atoms with Gasteiger partial charge in [-0.15, -0.1) is 0 Å². The summed E-state index contributed by atoms with van der Waals surface area (Å²) in [6, 6.07) is 5.39. The van der Waals surface area contributed by atoms with Crippen LogP contribution in [0.5, 0.6) is 11.5 Å². The van der Waals surface area contributed by atoms with Crippen molar-refractivity contribution >= 4 is 32.5 Å². The van der Waals surface area contributed by atoms with Crippen molar-refractivity contribution in [3.8, 4) is 11.5 Å². The highest BCUT2D eigenvalue weighted by atomic mass is 32.2. The van der Waals surface area contributed by atoms with E-state index in [1.165, 1.54) is 5.57 Å². The molecule has 2 atom stereocenters. The summed E-state index contributed by atoms with van der Waals surface area (Å²) in [6.07, 6.45) is 2.15. The first-order valence-electron chi connectivity index (χ1n) is 8.16. The van der Waals surface area contributed by atoms with Crippen LogP contribution in [-0.2, 0) is 9.84 Å². The lowest BCUT2D eigenvalue weighted by Crippen LogP contribution is -2.39. The minimum Gasteiger partial charge on any atom is -0.454 e. The minimum atomic E-state index is -3.04. The molecule has 0 saturated carbocycles. The Hall–Kier alpha value is -1.67. The summed E-state index contributed by atoms with van der Waals surface area (Å²) in [5, 5.41) is 0.876. The zero-order valence-electron chi connectivity index (χ0n) is 14.1. The highest BCUT2D eigenvalue weighted by Crippen LogP contribution is 2.40. The lowest BCUT2D eigenvalue weighted by molar-refractivity contribution is 0.174. The van der Waals surface area contributed by atoms with Gasteiger partial charge >= 0.3 is 0 Å². The van der Waals surface area contributed by atoms with E-state index in [1.807, 2.05) is 18.2 Å². The molecule has 3 aliphatic heterocycles. The molecule has 3 aliphatic rings. The molecule has 0 bridgehead atoms. The van der Waals surface area contributed by atoms with Crippen LogP contribution in [0.1, 0.15) is 13.8 Å². The molecule has 1 saturated heterocycles. The molecule has 0 N–H and O–H groups in total. The van der Waals surface area contributed by atoms with Crippen LogP contribution in [0.25, 0.3) is 0 Å².